The molecule has 0 saturated carbocycles. The summed E-state index contributed by atoms with van der Waals surface area (Å²) in [6.07, 6.45) is -0.0603. The van der Waals surface area contributed by atoms with Crippen molar-refractivity contribution in [3.63, 3.8) is 0 Å². The molecule has 0 aliphatic carbocycles. The number of nitrogens with zero attached hydrogens (tertiary/aromatic N) is 4. The van der Waals surface area contributed by atoms with Gasteiger partial charge in [0.15, 0.2) is 11.5 Å². The monoisotopic (exact) mass is 504 g/mol. The summed E-state index contributed by atoms with van der Waals surface area (Å²) in [7, 11) is 0. The van der Waals surface area contributed by atoms with Crippen LogP contribution in [0.1, 0.15) is 37.0 Å². The Morgan fingerprint density at radius 1 is 1.11 bits per heavy atom. The molecule has 0 amide bonds. The molecule has 2 unspecified atom stereocenters. The second-order valence-corrected chi connectivity index (χ2v) is 9.07. The fourth-order valence-corrected chi connectivity index (χ4v) is 4.62. The number of likely N-dealkylation sites (tertiary alicyclic amines) is 1. The lowest BCUT2D eigenvalue weighted by Crippen LogP contribution is -2.28. The first-order valence-electron chi connectivity index (χ1n) is 12.3. The summed E-state index contributed by atoms with van der Waals surface area (Å²) in [5.74, 6) is 1.41. The fourth-order valence-electron chi connectivity index (χ4n) is 4.62. The van der Waals surface area contributed by atoms with Crippen LogP contribution in [0.15, 0.2) is 63.6 Å². The second-order valence-electron chi connectivity index (χ2n) is 9.07. The highest BCUT2D eigenvalue weighted by Gasteiger charge is 2.27. The van der Waals surface area contributed by atoms with Gasteiger partial charge in [0.1, 0.15) is 6.10 Å². The first kappa shape index (κ1) is 24.7. The zero-order valence-electron chi connectivity index (χ0n) is 20.4. The molecule has 2 N–H and O–H groups in total. The molecule has 4 aromatic rings. The Bertz CT molecular complexity index is 1330. The molecule has 5 rings (SSSR count). The number of carboxylic acid groups (broad SMARTS) is 1. The average Bonchev–Trinajstić information content (AvgIpc) is 3.65. The Labute approximate surface area is 213 Å². The summed E-state index contributed by atoms with van der Waals surface area (Å²) >= 11 is 0. The van der Waals surface area contributed by atoms with E-state index in [1.807, 2.05) is 59.5 Å². The van der Waals surface area contributed by atoms with Gasteiger partial charge in [-0.3, -0.25) is 4.90 Å². The van der Waals surface area contributed by atoms with E-state index in [2.05, 4.69) is 22.2 Å². The van der Waals surface area contributed by atoms with Crippen molar-refractivity contribution in [1.29, 1.82) is 0 Å². The normalized spacial score (nSPS) is 16.6. The molecule has 2 aromatic heterocycles. The standard InChI is InChI=1S/C27H28N4O6/c1-2-6-21-23(29-36-24(21)18-7-4-3-5-8-18)26-28-25(30-37-26)19-11-9-17(10-12-19)22(32)16-31-14-13-20(15-31)35-27(33)34/h3-5,7-12,20,22,32H,2,6,13-16H2,1H3,(H,33,34). The highest BCUT2D eigenvalue weighted by Crippen LogP contribution is 2.33. The lowest BCUT2D eigenvalue weighted by Gasteiger charge is -2.20. The third-order valence-corrected chi connectivity index (χ3v) is 6.43. The molecule has 1 aliphatic rings. The molecule has 0 bridgehead atoms. The fraction of sp³-hybridized carbons (Fsp3) is 0.333. The molecular weight excluding hydrogens is 476 g/mol. The molecule has 192 valence electrons. The van der Waals surface area contributed by atoms with Crippen LogP contribution in [0.5, 0.6) is 0 Å². The van der Waals surface area contributed by atoms with Crippen molar-refractivity contribution < 1.29 is 28.8 Å². The first-order valence-corrected chi connectivity index (χ1v) is 12.3. The number of hydrogen-bond donors (Lipinski definition) is 2. The number of carbonyl (C=O) groups is 1. The van der Waals surface area contributed by atoms with E-state index < -0.39 is 12.3 Å². The minimum atomic E-state index is -1.27. The first-order chi connectivity index (χ1) is 18.0. The largest absolute Gasteiger partial charge is 0.506 e. The molecule has 0 spiro atoms. The molecule has 10 nitrogen and oxygen atoms in total. The molecule has 3 heterocycles. The van der Waals surface area contributed by atoms with Crippen molar-refractivity contribution in [3.05, 3.63) is 65.7 Å². The number of benzene rings is 2. The summed E-state index contributed by atoms with van der Waals surface area (Å²) in [6.45, 7) is 3.63. The lowest BCUT2D eigenvalue weighted by atomic mass is 10.0. The molecule has 10 heteroatoms. The summed E-state index contributed by atoms with van der Waals surface area (Å²) in [4.78, 5) is 17.3. The van der Waals surface area contributed by atoms with E-state index in [0.717, 1.165) is 35.1 Å². The van der Waals surface area contributed by atoms with Gasteiger partial charge in [-0.25, -0.2) is 4.79 Å². The van der Waals surface area contributed by atoms with Gasteiger partial charge in [0.2, 0.25) is 5.82 Å². The molecule has 37 heavy (non-hydrogen) atoms. The number of aromatic nitrogens is 3. The van der Waals surface area contributed by atoms with Crippen LogP contribution < -0.4 is 0 Å². The number of β-amino-alcohol motifs (C(OH)–C–C–N with tert-alkyl or cyclic N) is 1. The van der Waals surface area contributed by atoms with E-state index in [1.165, 1.54) is 0 Å². The predicted molar refractivity (Wildman–Crippen MR) is 134 cm³/mol. The molecule has 0 radical (unpaired) electrons. The van der Waals surface area contributed by atoms with Crippen LogP contribution in [0.4, 0.5) is 4.79 Å². The SMILES string of the molecule is CCCc1c(-c2nc(-c3ccc(C(O)CN4CCC(OC(=O)O)C4)cc3)no2)noc1-c1ccccc1. The van der Waals surface area contributed by atoms with E-state index in [1.54, 1.807) is 0 Å². The Balaban J connectivity index is 1.28. The Kier molecular flexibility index (Phi) is 7.29. The molecule has 2 atom stereocenters. The van der Waals surface area contributed by atoms with Crippen LogP contribution in [0, 0.1) is 0 Å². The van der Waals surface area contributed by atoms with Crippen molar-refractivity contribution in [3.8, 4) is 34.3 Å². The Morgan fingerprint density at radius 3 is 2.62 bits per heavy atom. The topological polar surface area (TPSA) is 135 Å². The van der Waals surface area contributed by atoms with Crippen LogP contribution in [-0.2, 0) is 11.2 Å². The summed E-state index contributed by atoms with van der Waals surface area (Å²) < 4.78 is 16.1. The van der Waals surface area contributed by atoms with Gasteiger partial charge in [-0.05, 0) is 18.4 Å². The summed E-state index contributed by atoms with van der Waals surface area (Å²) in [5.41, 5.74) is 3.90. The predicted octanol–water partition coefficient (Wildman–Crippen LogP) is 4.81. The minimum Gasteiger partial charge on any atom is -0.450 e. The molecule has 1 fully saturated rings. The van der Waals surface area contributed by atoms with E-state index in [0.29, 0.717) is 49.2 Å². The van der Waals surface area contributed by atoms with Gasteiger partial charge < -0.3 is 24.0 Å². The van der Waals surface area contributed by atoms with E-state index >= 15 is 0 Å². The van der Waals surface area contributed by atoms with Gasteiger partial charge in [-0.1, -0.05) is 78.3 Å². The van der Waals surface area contributed by atoms with E-state index in [-0.39, 0.29) is 6.10 Å². The van der Waals surface area contributed by atoms with E-state index in [4.69, 9.17) is 18.9 Å². The smallest absolute Gasteiger partial charge is 0.450 e. The zero-order chi connectivity index (χ0) is 25.8. The Morgan fingerprint density at radius 2 is 1.89 bits per heavy atom. The van der Waals surface area contributed by atoms with Crippen LogP contribution in [0.3, 0.4) is 0 Å². The van der Waals surface area contributed by atoms with Crippen molar-refractivity contribution in [2.24, 2.45) is 0 Å². The maximum Gasteiger partial charge on any atom is 0.506 e. The number of rotatable bonds is 9. The van der Waals surface area contributed by atoms with Crippen LogP contribution in [0.25, 0.3) is 34.3 Å². The minimum absolute atomic E-state index is 0.292. The highest BCUT2D eigenvalue weighted by atomic mass is 16.7. The number of hydrogen-bond acceptors (Lipinski definition) is 9. The number of aliphatic hydroxyl groups is 1. The van der Waals surface area contributed by atoms with Crippen molar-refractivity contribution in [2.75, 3.05) is 19.6 Å². The van der Waals surface area contributed by atoms with Gasteiger partial charge >= 0.3 is 6.16 Å². The van der Waals surface area contributed by atoms with Crippen LogP contribution >= 0.6 is 0 Å². The van der Waals surface area contributed by atoms with Crippen molar-refractivity contribution in [1.82, 2.24) is 20.2 Å². The van der Waals surface area contributed by atoms with Crippen molar-refractivity contribution in [2.45, 2.75) is 38.4 Å². The quantitative estimate of drug-likeness (QED) is 0.306. The second kappa shape index (κ2) is 10.9. The van der Waals surface area contributed by atoms with Crippen LogP contribution in [-0.4, -0.2) is 62.3 Å². The number of aliphatic hydroxyl groups excluding tert-OH is 1. The Hall–Kier alpha value is -4.02. The molecule has 1 saturated heterocycles. The third-order valence-electron chi connectivity index (χ3n) is 6.43. The molecule has 1 aliphatic heterocycles. The maximum atomic E-state index is 10.7. The molecular formula is C27H28N4O6. The lowest BCUT2D eigenvalue weighted by molar-refractivity contribution is 0.0517. The van der Waals surface area contributed by atoms with Gasteiger partial charge in [0, 0.05) is 36.3 Å². The van der Waals surface area contributed by atoms with Gasteiger partial charge in [0.05, 0.1) is 6.10 Å². The van der Waals surface area contributed by atoms with Crippen LogP contribution in [0.2, 0.25) is 0 Å². The summed E-state index contributed by atoms with van der Waals surface area (Å²) in [5, 5.41) is 27.8. The average molecular weight is 505 g/mol. The maximum absolute atomic E-state index is 10.7. The van der Waals surface area contributed by atoms with E-state index in [9.17, 15) is 9.90 Å². The van der Waals surface area contributed by atoms with Gasteiger partial charge in [-0.2, -0.15) is 4.98 Å². The summed E-state index contributed by atoms with van der Waals surface area (Å²) in [6, 6.07) is 17.1. The van der Waals surface area contributed by atoms with Gasteiger partial charge in [0.25, 0.3) is 5.89 Å². The third kappa shape index (κ3) is 5.55. The highest BCUT2D eigenvalue weighted by molar-refractivity contribution is 5.69. The van der Waals surface area contributed by atoms with Gasteiger partial charge in [-0.15, -0.1) is 0 Å². The zero-order valence-corrected chi connectivity index (χ0v) is 20.4. The molecule has 2 aromatic carbocycles. The van der Waals surface area contributed by atoms with Crippen molar-refractivity contribution >= 4 is 6.16 Å². The number of ether oxygens (including phenoxy) is 1.